The van der Waals surface area contributed by atoms with Crippen LogP contribution in [0.15, 0.2) is 41.2 Å². The number of nitrogens with two attached hydrogens (primary N) is 1. The second-order valence-electron chi connectivity index (χ2n) is 6.83. The molecule has 1 fully saturated rings. The Labute approximate surface area is 162 Å². The van der Waals surface area contributed by atoms with Crippen LogP contribution in [-0.4, -0.2) is 18.5 Å². The van der Waals surface area contributed by atoms with E-state index in [1.54, 1.807) is 12.0 Å². The molecule has 1 aromatic rings. The van der Waals surface area contributed by atoms with Crippen molar-refractivity contribution in [2.45, 2.75) is 31.6 Å². The Bertz CT molecular complexity index is 961. The van der Waals surface area contributed by atoms with Crippen LogP contribution in [0.3, 0.4) is 0 Å². The van der Waals surface area contributed by atoms with Crippen LogP contribution in [0.1, 0.15) is 37.3 Å². The van der Waals surface area contributed by atoms with Crippen LogP contribution < -0.4 is 16.4 Å². The Balaban J connectivity index is 1.88. The Morgan fingerprint density at radius 3 is 2.74 bits per heavy atom. The van der Waals surface area contributed by atoms with Gasteiger partial charge in [0.05, 0.1) is 5.57 Å². The highest BCUT2D eigenvalue weighted by Gasteiger charge is 2.44. The molecule has 1 aliphatic heterocycles. The van der Waals surface area contributed by atoms with Crippen LogP contribution in [0.2, 0.25) is 5.02 Å². The van der Waals surface area contributed by atoms with Gasteiger partial charge >= 0.3 is 6.03 Å². The van der Waals surface area contributed by atoms with E-state index in [1.165, 1.54) is 0 Å². The first-order valence-corrected chi connectivity index (χ1v) is 8.97. The number of carbonyl (C=O) groups excluding carboxylic acids is 2. The average molecular weight is 383 g/mol. The van der Waals surface area contributed by atoms with E-state index in [0.29, 0.717) is 11.6 Å². The van der Waals surface area contributed by atoms with Crippen molar-refractivity contribution in [2.24, 2.45) is 5.73 Å². The molecular weight excluding hydrogens is 364 g/mol. The van der Waals surface area contributed by atoms with Crippen molar-refractivity contribution in [1.29, 1.82) is 5.26 Å². The van der Waals surface area contributed by atoms with Crippen molar-refractivity contribution in [3.63, 3.8) is 0 Å². The van der Waals surface area contributed by atoms with Gasteiger partial charge in [0.15, 0.2) is 5.94 Å². The van der Waals surface area contributed by atoms with E-state index in [9.17, 15) is 14.9 Å². The highest BCUT2D eigenvalue weighted by molar-refractivity contribution is 6.31. The molecule has 3 rings (SSSR count). The minimum absolute atomic E-state index is 0.0205. The van der Waals surface area contributed by atoms with Gasteiger partial charge in [0.1, 0.15) is 11.8 Å². The topological polar surface area (TPSA) is 108 Å². The van der Waals surface area contributed by atoms with E-state index < -0.39 is 6.03 Å². The summed E-state index contributed by atoms with van der Waals surface area (Å²) in [6.45, 7) is 2.34. The van der Waals surface area contributed by atoms with E-state index in [0.717, 1.165) is 41.7 Å². The Morgan fingerprint density at radius 1 is 1.44 bits per heavy atom. The smallest absolute Gasteiger partial charge is 0.312 e. The van der Waals surface area contributed by atoms with Gasteiger partial charge in [0.25, 0.3) is 0 Å². The molecule has 2 aliphatic rings. The van der Waals surface area contributed by atoms with E-state index in [-0.39, 0.29) is 16.7 Å². The Hall–Kier alpha value is -3.00. The van der Waals surface area contributed by atoms with E-state index in [1.807, 2.05) is 31.2 Å². The quantitative estimate of drug-likeness (QED) is 0.680. The van der Waals surface area contributed by atoms with E-state index in [2.05, 4.69) is 10.6 Å². The molecule has 2 amide bonds. The number of rotatable bonds is 5. The van der Waals surface area contributed by atoms with E-state index >= 15 is 0 Å². The number of halogens is 1. The fourth-order valence-electron chi connectivity index (χ4n) is 3.46. The summed E-state index contributed by atoms with van der Waals surface area (Å²) in [6, 6.07) is 7.32. The molecule has 1 aromatic carbocycles. The van der Waals surface area contributed by atoms with Gasteiger partial charge in [-0.1, -0.05) is 23.7 Å². The molecule has 138 valence electrons. The number of urea groups is 1. The number of carbonyl (C=O) groups is 1. The minimum Gasteiger partial charge on any atom is -0.352 e. The first-order chi connectivity index (χ1) is 12.9. The van der Waals surface area contributed by atoms with Crippen molar-refractivity contribution in [1.82, 2.24) is 10.6 Å². The molecule has 0 saturated heterocycles. The molecule has 0 spiro atoms. The zero-order valence-electron chi connectivity index (χ0n) is 14.9. The summed E-state index contributed by atoms with van der Waals surface area (Å²) in [5.41, 5.74) is 8.96. The van der Waals surface area contributed by atoms with Gasteiger partial charge in [-0.05, 0) is 54.9 Å². The summed E-state index contributed by atoms with van der Waals surface area (Å²) >= 11 is 6.58. The van der Waals surface area contributed by atoms with Crippen molar-refractivity contribution in [3.05, 3.63) is 57.4 Å². The Kier molecular flexibility index (Phi) is 5.09. The predicted molar refractivity (Wildman–Crippen MR) is 103 cm³/mol. The molecule has 6 nitrogen and oxygen atoms in total. The molecule has 0 bridgehead atoms. The van der Waals surface area contributed by atoms with E-state index in [4.69, 9.17) is 17.3 Å². The molecule has 0 radical (unpaired) electrons. The maximum Gasteiger partial charge on any atom is 0.312 e. The first kappa shape index (κ1) is 18.8. The average Bonchev–Trinajstić information content (AvgIpc) is 3.41. The number of dihydropyridines is 1. The molecular formula is C20H19ClN4O2. The van der Waals surface area contributed by atoms with Gasteiger partial charge < -0.3 is 16.4 Å². The first-order valence-electron chi connectivity index (χ1n) is 8.59. The lowest BCUT2D eigenvalue weighted by Crippen LogP contribution is -2.31. The lowest BCUT2D eigenvalue weighted by molar-refractivity contribution is 0.248. The lowest BCUT2D eigenvalue weighted by atomic mass is 9.89. The number of hydrogen-bond donors (Lipinski definition) is 3. The summed E-state index contributed by atoms with van der Waals surface area (Å²) in [6.07, 6.45) is 4.48. The van der Waals surface area contributed by atoms with Gasteiger partial charge in [-0.25, -0.2) is 9.59 Å². The van der Waals surface area contributed by atoms with Crippen LogP contribution in [0.5, 0.6) is 0 Å². The lowest BCUT2D eigenvalue weighted by Gasteiger charge is -2.21. The van der Waals surface area contributed by atoms with Gasteiger partial charge in [-0.3, -0.25) is 0 Å². The fraction of sp³-hybridized carbons (Fsp3) is 0.300. The number of hydrogen-bond acceptors (Lipinski definition) is 4. The summed E-state index contributed by atoms with van der Waals surface area (Å²) in [5.74, 6) is 1.75. The van der Waals surface area contributed by atoms with Crippen LogP contribution >= 0.6 is 11.6 Å². The zero-order valence-corrected chi connectivity index (χ0v) is 15.6. The maximum atomic E-state index is 11.0. The van der Waals surface area contributed by atoms with Crippen molar-refractivity contribution >= 4 is 29.1 Å². The molecule has 7 heteroatoms. The third kappa shape index (κ3) is 3.75. The second-order valence-corrected chi connectivity index (χ2v) is 7.23. The van der Waals surface area contributed by atoms with Crippen molar-refractivity contribution in [2.75, 3.05) is 6.54 Å². The molecule has 4 N–H and O–H groups in total. The maximum absolute atomic E-state index is 11.0. The minimum atomic E-state index is -0.525. The summed E-state index contributed by atoms with van der Waals surface area (Å²) in [5, 5.41) is 15.4. The molecule has 0 unspecified atom stereocenters. The molecule has 0 aromatic heterocycles. The molecule has 27 heavy (non-hydrogen) atoms. The van der Waals surface area contributed by atoms with Crippen molar-refractivity contribution in [3.8, 4) is 6.07 Å². The molecule has 1 saturated carbocycles. The third-order valence-electron chi connectivity index (χ3n) is 5.10. The zero-order chi connectivity index (χ0) is 19.6. The summed E-state index contributed by atoms with van der Waals surface area (Å²) in [7, 11) is 0. The summed E-state index contributed by atoms with van der Waals surface area (Å²) in [4.78, 5) is 21.8. The van der Waals surface area contributed by atoms with Crippen LogP contribution in [0.4, 0.5) is 4.79 Å². The number of allylic oxidation sites excluding steroid dienone is 4. The van der Waals surface area contributed by atoms with Crippen LogP contribution in [-0.2, 0) is 10.2 Å². The third-order valence-corrected chi connectivity index (χ3v) is 5.42. The Morgan fingerprint density at radius 2 is 2.19 bits per heavy atom. The SMILES string of the molecule is CC1=C(c2ccc(C3(CCNC(N)=O)CC3)c(Cl)c2)C=C(C#N)C(=C=O)N1. The number of benzene rings is 1. The van der Waals surface area contributed by atoms with Crippen LogP contribution in [0.25, 0.3) is 5.57 Å². The van der Waals surface area contributed by atoms with Gasteiger partial charge in [-0.15, -0.1) is 0 Å². The highest BCUT2D eigenvalue weighted by atomic mass is 35.5. The van der Waals surface area contributed by atoms with Gasteiger partial charge in [-0.2, -0.15) is 5.26 Å². The molecule has 1 heterocycles. The standard InChI is InChI=1S/C20H19ClN4O2/c1-12-15(8-14(10-22)18(11-26)25-12)13-2-3-16(17(21)9-13)20(4-5-20)6-7-24-19(23)27/h2-3,8-9,25H,4-7H2,1H3,(H3,23,24,27). The van der Waals surface area contributed by atoms with Gasteiger partial charge in [0.2, 0.25) is 0 Å². The number of amides is 2. The fourth-order valence-corrected chi connectivity index (χ4v) is 3.84. The van der Waals surface area contributed by atoms with Gasteiger partial charge in [0, 0.05) is 22.8 Å². The number of nitriles is 1. The predicted octanol–water partition coefficient (Wildman–Crippen LogP) is 2.93. The number of nitrogens with one attached hydrogen (secondary N) is 2. The number of primary amides is 1. The van der Waals surface area contributed by atoms with Crippen LogP contribution in [0, 0.1) is 11.3 Å². The second kappa shape index (κ2) is 7.32. The number of nitrogens with zero attached hydrogens (tertiary/aromatic N) is 1. The van der Waals surface area contributed by atoms with Crippen molar-refractivity contribution < 1.29 is 9.59 Å². The normalized spacial score (nSPS) is 17.4. The molecule has 0 atom stereocenters. The monoisotopic (exact) mass is 382 g/mol. The largest absolute Gasteiger partial charge is 0.352 e. The molecule has 1 aliphatic carbocycles. The highest BCUT2D eigenvalue weighted by Crippen LogP contribution is 2.53. The summed E-state index contributed by atoms with van der Waals surface area (Å²) < 4.78 is 0.